The minimum Gasteiger partial charge on any atom is -0.394 e. The fourth-order valence-corrected chi connectivity index (χ4v) is 3.63. The number of hydrogen-bond donors (Lipinski definition) is 7. The molecule has 0 unspecified atom stereocenters. The summed E-state index contributed by atoms with van der Waals surface area (Å²) in [5, 5.41) is 32.0. The van der Waals surface area contributed by atoms with Crippen molar-refractivity contribution in [3.05, 3.63) is 17.4 Å². The highest BCUT2D eigenvalue weighted by Crippen LogP contribution is 2.34. The number of anilines is 1. The normalized spacial score (nSPS) is 24.1. The van der Waals surface area contributed by atoms with Crippen LogP contribution >= 0.6 is 19.2 Å². The van der Waals surface area contributed by atoms with Gasteiger partial charge >= 0.3 is 7.82 Å². The second kappa shape index (κ2) is 8.58. The monoisotopic (exact) mass is 462 g/mol. The minimum atomic E-state index is -4.64. The van der Waals surface area contributed by atoms with Crippen LogP contribution in [0.4, 0.5) is 5.95 Å². The fraction of sp³-hybridized carbons (Fsp3) is 0.429. The van der Waals surface area contributed by atoms with Gasteiger partial charge < -0.3 is 40.5 Å². The fourth-order valence-electron chi connectivity index (χ4n) is 2.84. The third kappa shape index (κ3) is 4.80. The van der Waals surface area contributed by atoms with Gasteiger partial charge in [-0.05, 0) is 6.92 Å². The number of ether oxygens (including phenoxy) is 1. The van der Waals surface area contributed by atoms with Gasteiger partial charge in [-0.15, -0.1) is 11.3 Å². The Morgan fingerprint density at radius 1 is 1.23 bits per heavy atom. The molecule has 0 amide bonds. The molecule has 0 aliphatic carbocycles. The molecule has 164 valence electrons. The molecule has 1 fully saturated rings. The highest BCUT2D eigenvalue weighted by atomic mass is 32.1. The standard InChI is InChI=1S/C14H16N6O4S.H3O4P/c1-5-3-25-12(17-5)8-7-11(19-14(15)18-8)20(4-16-7)13-10(23)9(22)6(2-21)24-13;1-5(2,3)4/h3-4,6,9-10,13,21-23H,2H2,1H3,(H2,15,18,19);(H3,1,2,3,4)/t6-,9-,10-,13-;/m1./s1. The van der Waals surface area contributed by atoms with Crippen LogP contribution in [0.15, 0.2) is 11.7 Å². The van der Waals surface area contributed by atoms with E-state index in [0.29, 0.717) is 21.9 Å². The predicted molar refractivity (Wildman–Crippen MR) is 103 cm³/mol. The summed E-state index contributed by atoms with van der Waals surface area (Å²) in [5.74, 6) is 0.0313. The summed E-state index contributed by atoms with van der Waals surface area (Å²) in [7, 11) is -4.64. The first-order valence-corrected chi connectivity index (χ1v) is 10.8. The first-order valence-electron chi connectivity index (χ1n) is 8.33. The maximum atomic E-state index is 10.2. The quantitative estimate of drug-likeness (QED) is 0.220. The van der Waals surface area contributed by atoms with E-state index in [4.69, 9.17) is 29.7 Å². The molecule has 1 aliphatic rings. The number of aliphatic hydroxyl groups excluding tert-OH is 3. The van der Waals surface area contributed by atoms with Gasteiger partial charge in [0.25, 0.3) is 0 Å². The van der Waals surface area contributed by atoms with E-state index in [0.717, 1.165) is 5.69 Å². The van der Waals surface area contributed by atoms with Crippen LogP contribution < -0.4 is 5.73 Å². The Kier molecular flexibility index (Phi) is 6.47. The number of hydrogen-bond acceptors (Lipinski definition) is 11. The molecule has 0 spiro atoms. The van der Waals surface area contributed by atoms with E-state index in [2.05, 4.69) is 19.9 Å². The van der Waals surface area contributed by atoms with E-state index in [1.54, 1.807) is 0 Å². The van der Waals surface area contributed by atoms with Crippen molar-refractivity contribution in [1.82, 2.24) is 24.5 Å². The number of phosphoric acid groups is 1. The second-order valence-corrected chi connectivity index (χ2v) is 8.18. The average Bonchev–Trinajstić information content (AvgIpc) is 3.32. The zero-order valence-electron chi connectivity index (χ0n) is 15.3. The molecule has 1 saturated heterocycles. The SMILES string of the molecule is Cc1csc(-c2nc(N)nc3c2ncn3[C@@H]2O[C@H](CO)[C@@H](O)[C@H]2O)n1.O=P(O)(O)O. The predicted octanol–water partition coefficient (Wildman–Crippen LogP) is -1.48. The Balaban J connectivity index is 0.000000461. The molecule has 0 bridgehead atoms. The maximum absolute atomic E-state index is 10.2. The van der Waals surface area contributed by atoms with Crippen LogP contribution in [0.3, 0.4) is 0 Å². The number of fused-ring (bicyclic) bond motifs is 1. The Morgan fingerprint density at radius 3 is 2.43 bits per heavy atom. The van der Waals surface area contributed by atoms with E-state index in [1.807, 2.05) is 12.3 Å². The van der Waals surface area contributed by atoms with Crippen LogP contribution in [0.5, 0.6) is 0 Å². The van der Waals surface area contributed by atoms with Gasteiger partial charge in [-0.1, -0.05) is 0 Å². The van der Waals surface area contributed by atoms with E-state index in [1.165, 1.54) is 22.2 Å². The molecular weight excluding hydrogens is 443 g/mol. The summed E-state index contributed by atoms with van der Waals surface area (Å²) in [6.07, 6.45) is -2.86. The lowest BCUT2D eigenvalue weighted by Gasteiger charge is -2.16. The summed E-state index contributed by atoms with van der Waals surface area (Å²) < 4.78 is 15.9. The number of imidazole rings is 1. The lowest BCUT2D eigenvalue weighted by atomic mass is 10.1. The molecule has 4 atom stereocenters. The topological polar surface area (TPSA) is 230 Å². The van der Waals surface area contributed by atoms with Crippen LogP contribution in [0.2, 0.25) is 0 Å². The van der Waals surface area contributed by atoms with Crippen LogP contribution in [0.1, 0.15) is 11.9 Å². The number of nitrogens with two attached hydrogens (primary N) is 1. The molecule has 14 nitrogen and oxygen atoms in total. The average molecular weight is 462 g/mol. The van der Waals surface area contributed by atoms with Crippen LogP contribution in [-0.2, 0) is 9.30 Å². The van der Waals surface area contributed by atoms with Gasteiger partial charge in [0, 0.05) is 11.1 Å². The number of nitrogens with zero attached hydrogens (tertiary/aromatic N) is 5. The zero-order chi connectivity index (χ0) is 22.2. The number of aromatic nitrogens is 5. The molecule has 4 heterocycles. The number of aliphatic hydroxyl groups is 3. The van der Waals surface area contributed by atoms with Crippen molar-refractivity contribution in [2.75, 3.05) is 12.3 Å². The Hall–Kier alpha value is -2.07. The smallest absolute Gasteiger partial charge is 0.394 e. The van der Waals surface area contributed by atoms with E-state index >= 15 is 0 Å². The zero-order valence-corrected chi connectivity index (χ0v) is 17.1. The Labute approximate surface area is 172 Å². The highest BCUT2D eigenvalue weighted by Gasteiger charge is 2.44. The van der Waals surface area contributed by atoms with Gasteiger partial charge in [0.15, 0.2) is 11.9 Å². The first kappa shape index (κ1) is 22.6. The molecule has 3 aromatic rings. The number of aryl methyl sites for hydroxylation is 1. The van der Waals surface area contributed by atoms with Crippen molar-refractivity contribution >= 4 is 36.3 Å². The third-order valence-electron chi connectivity index (χ3n) is 4.05. The molecule has 30 heavy (non-hydrogen) atoms. The second-order valence-electron chi connectivity index (χ2n) is 6.29. The van der Waals surface area contributed by atoms with Crippen LogP contribution in [0.25, 0.3) is 21.9 Å². The van der Waals surface area contributed by atoms with Crippen molar-refractivity contribution in [3.8, 4) is 10.7 Å². The molecule has 0 radical (unpaired) electrons. The molecule has 3 aromatic heterocycles. The summed E-state index contributed by atoms with van der Waals surface area (Å²) >= 11 is 1.41. The van der Waals surface area contributed by atoms with Crippen molar-refractivity contribution in [2.45, 2.75) is 31.5 Å². The largest absolute Gasteiger partial charge is 0.466 e. The van der Waals surface area contributed by atoms with Crippen molar-refractivity contribution in [3.63, 3.8) is 0 Å². The summed E-state index contributed by atoms with van der Waals surface area (Å²) in [6, 6.07) is 0. The van der Waals surface area contributed by atoms with E-state index in [-0.39, 0.29) is 5.95 Å². The number of nitrogen functional groups attached to an aromatic ring is 1. The number of thiazole rings is 1. The molecule has 1 aliphatic heterocycles. The van der Waals surface area contributed by atoms with E-state index < -0.39 is 39.0 Å². The molecule has 0 saturated carbocycles. The number of rotatable bonds is 3. The summed E-state index contributed by atoms with van der Waals surface area (Å²) in [4.78, 5) is 38.7. The molecule has 4 rings (SSSR count). The van der Waals surface area contributed by atoms with Crippen LogP contribution in [-0.4, -0.2) is 79.4 Å². The Morgan fingerprint density at radius 2 is 1.90 bits per heavy atom. The summed E-state index contributed by atoms with van der Waals surface area (Å²) in [6.45, 7) is 1.46. The van der Waals surface area contributed by atoms with Gasteiger partial charge in [-0.2, -0.15) is 4.98 Å². The third-order valence-corrected chi connectivity index (χ3v) is 5.02. The van der Waals surface area contributed by atoms with Gasteiger partial charge in [0.05, 0.1) is 12.9 Å². The summed E-state index contributed by atoms with van der Waals surface area (Å²) in [5.41, 5.74) is 7.99. The van der Waals surface area contributed by atoms with E-state index in [9.17, 15) is 15.3 Å². The molecule has 16 heteroatoms. The van der Waals surface area contributed by atoms with Crippen molar-refractivity contribution < 1.29 is 39.3 Å². The molecule has 0 aromatic carbocycles. The lowest BCUT2D eigenvalue weighted by molar-refractivity contribution is -0.0511. The van der Waals surface area contributed by atoms with Crippen molar-refractivity contribution in [2.24, 2.45) is 0 Å². The van der Waals surface area contributed by atoms with Gasteiger partial charge in [-0.25, -0.2) is 19.5 Å². The molecule has 8 N–H and O–H groups in total. The van der Waals surface area contributed by atoms with Gasteiger partial charge in [0.1, 0.15) is 34.5 Å². The van der Waals surface area contributed by atoms with Crippen LogP contribution in [0, 0.1) is 6.92 Å². The lowest BCUT2D eigenvalue weighted by Crippen LogP contribution is -2.33. The molecular formula is C14H19N6O8PS. The van der Waals surface area contributed by atoms with Gasteiger partial charge in [0.2, 0.25) is 5.95 Å². The minimum absolute atomic E-state index is 0.0313. The highest BCUT2D eigenvalue weighted by molar-refractivity contribution is 7.45. The first-order chi connectivity index (χ1) is 14.0. The van der Waals surface area contributed by atoms with Crippen molar-refractivity contribution in [1.29, 1.82) is 0 Å². The Bertz CT molecular complexity index is 1080. The van der Waals surface area contributed by atoms with Gasteiger partial charge in [-0.3, -0.25) is 4.57 Å². The maximum Gasteiger partial charge on any atom is 0.466 e.